The molecule has 0 atom stereocenters. The maximum atomic E-state index is 11.7. The van der Waals surface area contributed by atoms with Crippen molar-refractivity contribution < 1.29 is 13.3 Å². The van der Waals surface area contributed by atoms with Gasteiger partial charge in [0, 0.05) is 18.6 Å². The summed E-state index contributed by atoms with van der Waals surface area (Å²) >= 11 is 0. The lowest BCUT2D eigenvalue weighted by atomic mass is 10.3. The van der Waals surface area contributed by atoms with Gasteiger partial charge in [0.2, 0.25) is 0 Å². The lowest BCUT2D eigenvalue weighted by Crippen LogP contribution is -2.05. The summed E-state index contributed by atoms with van der Waals surface area (Å²) in [5, 5.41) is 10.4. The molecule has 6 heteroatoms. The van der Waals surface area contributed by atoms with Crippen molar-refractivity contribution in [2.24, 2.45) is 0 Å². The Morgan fingerprint density at radius 3 is 2.29 bits per heavy atom. The van der Waals surface area contributed by atoms with Gasteiger partial charge in [-0.05, 0) is 12.1 Å². The van der Waals surface area contributed by atoms with Crippen molar-refractivity contribution in [3.8, 4) is 11.8 Å². The van der Waals surface area contributed by atoms with E-state index in [2.05, 4.69) is 11.8 Å². The molecule has 0 aliphatic heterocycles. The molecular weight excluding hydrogens is 242 g/mol. The Kier molecular flexibility index (Phi) is 4.24. The second kappa shape index (κ2) is 5.46. The number of hydrogen-bond acceptors (Lipinski definition) is 4. The molecule has 0 aromatic heterocycles. The van der Waals surface area contributed by atoms with Crippen LogP contribution in [0.25, 0.3) is 0 Å². The number of rotatable bonds is 3. The molecule has 5 nitrogen and oxygen atoms in total. The van der Waals surface area contributed by atoms with Crippen LogP contribution in [-0.2, 0) is 9.84 Å². The van der Waals surface area contributed by atoms with E-state index >= 15 is 0 Å². The summed E-state index contributed by atoms with van der Waals surface area (Å²) in [6.45, 7) is 1.82. The third kappa shape index (κ3) is 3.57. The lowest BCUT2D eigenvalue weighted by molar-refractivity contribution is -0.384. The standard InChI is InChI=1S/C11H11NO4S/c1-2-3-4-9-17(15,16)11-7-5-10(6-8-11)12(13)14/h5-8H,2,9H2,1H3. The topological polar surface area (TPSA) is 77.3 Å². The van der Waals surface area contributed by atoms with Crippen LogP contribution in [0, 0.1) is 22.0 Å². The number of benzene rings is 1. The number of nitrogens with zero attached hydrogens (tertiary/aromatic N) is 1. The zero-order chi connectivity index (χ0) is 12.9. The minimum Gasteiger partial charge on any atom is -0.258 e. The van der Waals surface area contributed by atoms with Crippen LogP contribution in [0.4, 0.5) is 5.69 Å². The summed E-state index contributed by atoms with van der Waals surface area (Å²) in [6.07, 6.45) is 0.593. The monoisotopic (exact) mass is 253 g/mol. The Hall–Kier alpha value is -1.87. The van der Waals surface area contributed by atoms with Crippen LogP contribution in [0.5, 0.6) is 0 Å². The normalized spacial score (nSPS) is 10.4. The van der Waals surface area contributed by atoms with Crippen molar-refractivity contribution in [1.82, 2.24) is 0 Å². The zero-order valence-corrected chi connectivity index (χ0v) is 10.0. The van der Waals surface area contributed by atoms with Gasteiger partial charge >= 0.3 is 0 Å². The minimum absolute atomic E-state index is 0.0495. The number of nitro groups is 1. The minimum atomic E-state index is -3.47. The number of sulfone groups is 1. The van der Waals surface area contributed by atoms with Crippen molar-refractivity contribution in [3.05, 3.63) is 34.4 Å². The van der Waals surface area contributed by atoms with Crippen LogP contribution in [0.1, 0.15) is 13.3 Å². The Morgan fingerprint density at radius 2 is 1.82 bits per heavy atom. The van der Waals surface area contributed by atoms with Crippen molar-refractivity contribution in [3.63, 3.8) is 0 Å². The van der Waals surface area contributed by atoms with Crippen LogP contribution in [0.3, 0.4) is 0 Å². The van der Waals surface area contributed by atoms with Crippen LogP contribution < -0.4 is 0 Å². The fourth-order valence-corrected chi connectivity index (χ4v) is 2.14. The highest BCUT2D eigenvalue weighted by Gasteiger charge is 2.14. The smallest absolute Gasteiger partial charge is 0.258 e. The maximum Gasteiger partial charge on any atom is 0.269 e. The second-order valence-corrected chi connectivity index (χ2v) is 5.21. The van der Waals surface area contributed by atoms with E-state index in [1.165, 1.54) is 24.3 Å². The molecule has 0 aliphatic rings. The molecule has 1 aromatic rings. The second-order valence-electron chi connectivity index (χ2n) is 3.22. The number of hydrogen-bond donors (Lipinski definition) is 0. The SMILES string of the molecule is CCC#CCS(=O)(=O)c1ccc([N+](=O)[O-])cc1. The summed E-state index contributed by atoms with van der Waals surface area (Å²) in [6, 6.07) is 4.78. The quantitative estimate of drug-likeness (QED) is 0.467. The van der Waals surface area contributed by atoms with E-state index in [9.17, 15) is 18.5 Å². The molecule has 0 heterocycles. The van der Waals surface area contributed by atoms with E-state index in [4.69, 9.17) is 0 Å². The van der Waals surface area contributed by atoms with E-state index in [0.29, 0.717) is 6.42 Å². The number of nitro benzene ring substituents is 1. The van der Waals surface area contributed by atoms with Gasteiger partial charge < -0.3 is 0 Å². The third-order valence-corrected chi connectivity index (χ3v) is 3.49. The molecule has 0 amide bonds. The van der Waals surface area contributed by atoms with Crippen LogP contribution in [0.15, 0.2) is 29.2 Å². The van der Waals surface area contributed by atoms with E-state index in [1.54, 1.807) is 0 Å². The van der Waals surface area contributed by atoms with Gasteiger partial charge in [-0.2, -0.15) is 0 Å². The first-order chi connectivity index (χ1) is 7.97. The molecule has 0 radical (unpaired) electrons. The summed E-state index contributed by atoms with van der Waals surface area (Å²) in [5.74, 6) is 4.94. The highest BCUT2D eigenvalue weighted by atomic mass is 32.2. The van der Waals surface area contributed by atoms with Gasteiger partial charge in [0.1, 0.15) is 5.75 Å². The molecule has 0 fully saturated rings. The first-order valence-electron chi connectivity index (χ1n) is 4.90. The van der Waals surface area contributed by atoms with E-state index in [1.807, 2.05) is 6.92 Å². The molecule has 0 unspecified atom stereocenters. The Labute approximate surface area is 99.5 Å². The molecule has 17 heavy (non-hydrogen) atoms. The molecule has 0 aliphatic carbocycles. The summed E-state index contributed by atoms with van der Waals surface area (Å²) in [4.78, 5) is 9.88. The molecule has 1 rings (SSSR count). The van der Waals surface area contributed by atoms with Crippen molar-refractivity contribution in [2.45, 2.75) is 18.2 Å². The molecule has 0 bridgehead atoms. The summed E-state index contributed by atoms with van der Waals surface area (Å²) < 4.78 is 23.4. The van der Waals surface area contributed by atoms with Crippen LogP contribution in [-0.4, -0.2) is 19.1 Å². The van der Waals surface area contributed by atoms with Gasteiger partial charge in [-0.15, -0.1) is 5.92 Å². The first kappa shape index (κ1) is 13.2. The Morgan fingerprint density at radius 1 is 1.24 bits per heavy atom. The zero-order valence-electron chi connectivity index (χ0n) is 9.21. The fraction of sp³-hybridized carbons (Fsp3) is 0.273. The molecule has 90 valence electrons. The van der Waals surface area contributed by atoms with Gasteiger partial charge in [-0.3, -0.25) is 10.1 Å². The average Bonchev–Trinajstić information content (AvgIpc) is 2.29. The highest BCUT2D eigenvalue weighted by molar-refractivity contribution is 7.91. The summed E-state index contributed by atoms with van der Waals surface area (Å²) in [5.41, 5.74) is -0.136. The average molecular weight is 253 g/mol. The molecule has 0 spiro atoms. The third-order valence-electron chi connectivity index (χ3n) is 1.97. The lowest BCUT2D eigenvalue weighted by Gasteiger charge is -1.99. The van der Waals surface area contributed by atoms with Gasteiger partial charge in [0.25, 0.3) is 5.69 Å². The first-order valence-corrected chi connectivity index (χ1v) is 6.55. The molecule has 1 aromatic carbocycles. The van der Waals surface area contributed by atoms with Gasteiger partial charge in [-0.25, -0.2) is 8.42 Å². The van der Waals surface area contributed by atoms with Crippen molar-refractivity contribution in [2.75, 3.05) is 5.75 Å². The number of non-ortho nitro benzene ring substituents is 1. The molecule has 0 saturated heterocycles. The van der Waals surface area contributed by atoms with Crippen molar-refractivity contribution in [1.29, 1.82) is 0 Å². The molecular formula is C11H11NO4S. The summed E-state index contributed by atoms with van der Waals surface area (Å²) in [7, 11) is -3.47. The van der Waals surface area contributed by atoms with Gasteiger partial charge in [0.05, 0.1) is 9.82 Å². The predicted molar refractivity (Wildman–Crippen MR) is 63.2 cm³/mol. The highest BCUT2D eigenvalue weighted by Crippen LogP contribution is 2.16. The van der Waals surface area contributed by atoms with Crippen molar-refractivity contribution >= 4 is 15.5 Å². The van der Waals surface area contributed by atoms with Crippen LogP contribution in [0.2, 0.25) is 0 Å². The maximum absolute atomic E-state index is 11.7. The predicted octanol–water partition coefficient (Wildman–Crippen LogP) is 1.78. The Bertz CT molecular complexity index is 564. The fourth-order valence-electron chi connectivity index (χ4n) is 1.13. The molecule has 0 N–H and O–H groups in total. The van der Waals surface area contributed by atoms with E-state index < -0.39 is 14.8 Å². The van der Waals surface area contributed by atoms with E-state index in [-0.39, 0.29) is 16.3 Å². The molecule has 0 saturated carbocycles. The Balaban J connectivity index is 2.96. The van der Waals surface area contributed by atoms with E-state index in [0.717, 1.165) is 0 Å². The van der Waals surface area contributed by atoms with Gasteiger partial charge in [-0.1, -0.05) is 12.8 Å². The largest absolute Gasteiger partial charge is 0.269 e. The van der Waals surface area contributed by atoms with Gasteiger partial charge in [0.15, 0.2) is 9.84 Å². The van der Waals surface area contributed by atoms with Crippen LogP contribution >= 0.6 is 0 Å².